The predicted molar refractivity (Wildman–Crippen MR) is 70.4 cm³/mol. The average molecular weight is 288 g/mol. The number of hydrogen-bond donors (Lipinski definition) is 1. The quantitative estimate of drug-likeness (QED) is 0.848. The first kappa shape index (κ1) is 12.5. The van der Waals surface area contributed by atoms with E-state index in [-0.39, 0.29) is 5.60 Å². The molecule has 0 aliphatic heterocycles. The van der Waals surface area contributed by atoms with Gasteiger partial charge in [0, 0.05) is 5.56 Å². The number of nitrogens with two attached hydrogens (primary N) is 1. The Morgan fingerprint density at radius 2 is 2.00 bits per heavy atom. The van der Waals surface area contributed by atoms with Gasteiger partial charge < -0.3 is 10.5 Å². The molecule has 82 valence electrons. The molecule has 0 amide bonds. The number of halogens is 1. The van der Waals surface area contributed by atoms with Crippen molar-refractivity contribution in [2.24, 2.45) is 5.73 Å². The summed E-state index contributed by atoms with van der Waals surface area (Å²) in [6.07, 6.45) is 0. The van der Waals surface area contributed by atoms with Crippen LogP contribution in [0.5, 0.6) is 5.75 Å². The minimum atomic E-state index is -0.215. The molecule has 1 aromatic rings. The van der Waals surface area contributed by atoms with Crippen molar-refractivity contribution in [2.45, 2.75) is 26.4 Å². The molecular weight excluding hydrogens is 274 g/mol. The highest BCUT2D eigenvalue weighted by Crippen LogP contribution is 2.29. The van der Waals surface area contributed by atoms with Gasteiger partial charge in [-0.15, -0.1) is 0 Å². The van der Waals surface area contributed by atoms with E-state index in [0.717, 1.165) is 15.8 Å². The van der Waals surface area contributed by atoms with E-state index in [4.69, 9.17) is 22.7 Å². The molecule has 0 aromatic heterocycles. The van der Waals surface area contributed by atoms with Gasteiger partial charge in [0.15, 0.2) is 0 Å². The lowest BCUT2D eigenvalue weighted by Crippen LogP contribution is -2.23. The first-order chi connectivity index (χ1) is 6.79. The molecule has 0 unspecified atom stereocenters. The lowest BCUT2D eigenvalue weighted by molar-refractivity contribution is 0.130. The first-order valence-corrected chi connectivity index (χ1v) is 5.78. The Balaban J connectivity index is 2.99. The monoisotopic (exact) mass is 287 g/mol. The van der Waals surface area contributed by atoms with E-state index in [1.165, 1.54) is 0 Å². The van der Waals surface area contributed by atoms with Gasteiger partial charge in [-0.3, -0.25) is 0 Å². The standard InChI is InChI=1S/C11H14BrNOS/c1-11(2,3)14-9-5-4-7(10(13)15)6-8(9)12/h4-6H,1-3H3,(H2,13,15). The van der Waals surface area contributed by atoms with E-state index < -0.39 is 0 Å². The van der Waals surface area contributed by atoms with Crippen LogP contribution in [0.4, 0.5) is 0 Å². The second-order valence-electron chi connectivity index (χ2n) is 4.22. The van der Waals surface area contributed by atoms with Gasteiger partial charge in [0.25, 0.3) is 0 Å². The van der Waals surface area contributed by atoms with Crippen LogP contribution in [-0.2, 0) is 0 Å². The van der Waals surface area contributed by atoms with Gasteiger partial charge in [0.1, 0.15) is 16.3 Å². The summed E-state index contributed by atoms with van der Waals surface area (Å²) in [5.74, 6) is 0.794. The number of hydrogen-bond acceptors (Lipinski definition) is 2. The summed E-state index contributed by atoms with van der Waals surface area (Å²) >= 11 is 8.32. The number of rotatable bonds is 2. The van der Waals surface area contributed by atoms with Crippen molar-refractivity contribution in [1.29, 1.82) is 0 Å². The molecule has 0 radical (unpaired) electrons. The fourth-order valence-corrected chi connectivity index (χ4v) is 1.65. The highest BCUT2D eigenvalue weighted by molar-refractivity contribution is 9.10. The summed E-state index contributed by atoms with van der Waals surface area (Å²) in [4.78, 5) is 0.387. The Morgan fingerprint density at radius 1 is 1.40 bits per heavy atom. The molecule has 0 spiro atoms. The van der Waals surface area contributed by atoms with E-state index in [1.807, 2.05) is 39.0 Å². The Labute approximate surface area is 104 Å². The molecule has 0 saturated heterocycles. The molecule has 2 N–H and O–H groups in total. The number of ether oxygens (including phenoxy) is 1. The lowest BCUT2D eigenvalue weighted by atomic mass is 10.1. The van der Waals surface area contributed by atoms with E-state index in [1.54, 1.807) is 0 Å². The summed E-state index contributed by atoms with van der Waals surface area (Å²) in [5.41, 5.74) is 6.15. The third kappa shape index (κ3) is 3.80. The fourth-order valence-electron chi connectivity index (χ4n) is 1.07. The van der Waals surface area contributed by atoms with E-state index >= 15 is 0 Å². The van der Waals surface area contributed by atoms with Crippen LogP contribution in [0, 0.1) is 0 Å². The maximum Gasteiger partial charge on any atom is 0.134 e. The normalized spacial score (nSPS) is 11.2. The topological polar surface area (TPSA) is 35.2 Å². The van der Waals surface area contributed by atoms with Gasteiger partial charge in [-0.1, -0.05) is 12.2 Å². The highest BCUT2D eigenvalue weighted by atomic mass is 79.9. The van der Waals surface area contributed by atoms with Gasteiger partial charge in [-0.25, -0.2) is 0 Å². The van der Waals surface area contributed by atoms with Crippen LogP contribution < -0.4 is 10.5 Å². The molecule has 0 fully saturated rings. The molecule has 2 nitrogen and oxygen atoms in total. The second-order valence-corrected chi connectivity index (χ2v) is 5.52. The minimum Gasteiger partial charge on any atom is -0.487 e. The van der Waals surface area contributed by atoms with Crippen LogP contribution in [0.25, 0.3) is 0 Å². The van der Waals surface area contributed by atoms with Crippen molar-refractivity contribution in [2.75, 3.05) is 0 Å². The minimum absolute atomic E-state index is 0.215. The van der Waals surface area contributed by atoms with Gasteiger partial charge in [0.05, 0.1) is 4.47 Å². The molecule has 1 rings (SSSR count). The van der Waals surface area contributed by atoms with Gasteiger partial charge in [0.2, 0.25) is 0 Å². The summed E-state index contributed by atoms with van der Waals surface area (Å²) in [7, 11) is 0. The van der Waals surface area contributed by atoms with Crippen molar-refractivity contribution in [3.63, 3.8) is 0 Å². The van der Waals surface area contributed by atoms with E-state index in [2.05, 4.69) is 15.9 Å². The SMILES string of the molecule is CC(C)(C)Oc1ccc(C(N)=S)cc1Br. The highest BCUT2D eigenvalue weighted by Gasteiger charge is 2.14. The van der Waals surface area contributed by atoms with Crippen LogP contribution in [0.1, 0.15) is 26.3 Å². The molecule has 0 atom stereocenters. The smallest absolute Gasteiger partial charge is 0.134 e. The Bertz CT molecular complexity index is 385. The second kappa shape index (κ2) is 4.49. The zero-order chi connectivity index (χ0) is 11.6. The van der Waals surface area contributed by atoms with E-state index in [0.29, 0.717) is 4.99 Å². The summed E-state index contributed by atoms with van der Waals surface area (Å²) in [6.45, 7) is 6.00. The van der Waals surface area contributed by atoms with Crippen molar-refractivity contribution in [3.05, 3.63) is 28.2 Å². The predicted octanol–water partition coefficient (Wildman–Crippen LogP) is 3.26. The Morgan fingerprint density at radius 3 is 2.40 bits per heavy atom. The summed E-state index contributed by atoms with van der Waals surface area (Å²) in [6, 6.07) is 5.58. The van der Waals surface area contributed by atoms with Crippen molar-refractivity contribution >= 4 is 33.1 Å². The third-order valence-corrected chi connectivity index (χ3v) is 2.49. The molecule has 0 aliphatic carbocycles. The van der Waals surface area contributed by atoms with Crippen molar-refractivity contribution in [3.8, 4) is 5.75 Å². The lowest BCUT2D eigenvalue weighted by Gasteiger charge is -2.22. The van der Waals surface area contributed by atoms with Crippen LogP contribution in [0.2, 0.25) is 0 Å². The molecule has 15 heavy (non-hydrogen) atoms. The van der Waals surface area contributed by atoms with Crippen LogP contribution in [-0.4, -0.2) is 10.6 Å². The maximum atomic E-state index is 5.74. The van der Waals surface area contributed by atoms with Crippen LogP contribution in [0.3, 0.4) is 0 Å². The van der Waals surface area contributed by atoms with E-state index in [9.17, 15) is 0 Å². The zero-order valence-electron chi connectivity index (χ0n) is 9.00. The molecule has 0 bridgehead atoms. The molecule has 0 aliphatic rings. The molecular formula is C11H14BrNOS. The third-order valence-electron chi connectivity index (χ3n) is 1.63. The largest absolute Gasteiger partial charge is 0.487 e. The molecule has 1 aromatic carbocycles. The fraction of sp³-hybridized carbons (Fsp3) is 0.364. The van der Waals surface area contributed by atoms with Crippen molar-refractivity contribution < 1.29 is 4.74 Å². The maximum absolute atomic E-state index is 5.74. The molecule has 4 heteroatoms. The van der Waals surface area contributed by atoms with Crippen LogP contribution >= 0.6 is 28.1 Å². The average Bonchev–Trinajstić information content (AvgIpc) is 2.05. The van der Waals surface area contributed by atoms with Gasteiger partial charge in [-0.05, 0) is 54.9 Å². The Kier molecular flexibility index (Phi) is 3.73. The molecule has 0 saturated carbocycles. The zero-order valence-corrected chi connectivity index (χ0v) is 11.4. The van der Waals surface area contributed by atoms with Crippen LogP contribution in [0.15, 0.2) is 22.7 Å². The van der Waals surface area contributed by atoms with Gasteiger partial charge >= 0.3 is 0 Å². The Hall–Kier alpha value is -0.610. The van der Waals surface area contributed by atoms with Gasteiger partial charge in [-0.2, -0.15) is 0 Å². The number of thiocarbonyl (C=S) groups is 1. The van der Waals surface area contributed by atoms with Crippen molar-refractivity contribution in [1.82, 2.24) is 0 Å². The summed E-state index contributed by atoms with van der Waals surface area (Å²) < 4.78 is 6.60. The summed E-state index contributed by atoms with van der Waals surface area (Å²) in [5, 5.41) is 0. The molecule has 0 heterocycles. The first-order valence-electron chi connectivity index (χ1n) is 4.58. The number of benzene rings is 1.